The Balaban J connectivity index is 1.72. The highest BCUT2D eigenvalue weighted by Crippen LogP contribution is 2.22. The minimum atomic E-state index is -2.80. The van der Waals surface area contributed by atoms with E-state index < -0.39 is 6.61 Å². The molecule has 0 unspecified atom stereocenters. The molecule has 0 bridgehead atoms. The van der Waals surface area contributed by atoms with Crippen molar-refractivity contribution < 1.29 is 13.5 Å². The number of aromatic nitrogens is 1. The molecule has 1 aromatic heterocycles. The minimum absolute atomic E-state index is 0.162. The quantitative estimate of drug-likeness (QED) is 0.378. The van der Waals surface area contributed by atoms with Gasteiger partial charge >= 0.3 is 6.61 Å². The second-order valence-electron chi connectivity index (χ2n) is 6.68. The smallest absolute Gasteiger partial charge is 0.387 e. The van der Waals surface area contributed by atoms with E-state index in [-0.39, 0.29) is 5.75 Å². The predicted octanol–water partition coefficient (Wildman–Crippen LogP) is 7.03. The van der Waals surface area contributed by atoms with E-state index in [1.807, 2.05) is 12.3 Å². The zero-order valence-corrected chi connectivity index (χ0v) is 15.6. The third-order valence-corrected chi connectivity index (χ3v) is 4.52. The molecule has 0 fully saturated rings. The molecule has 2 aromatic rings. The van der Waals surface area contributed by atoms with Crippen molar-refractivity contribution in [2.24, 2.45) is 0 Å². The molecule has 0 aliphatic heterocycles. The number of rotatable bonds is 12. The summed E-state index contributed by atoms with van der Waals surface area (Å²) >= 11 is 0. The van der Waals surface area contributed by atoms with Crippen LogP contribution in [0.3, 0.4) is 0 Å². The first-order chi connectivity index (χ1) is 12.7. The van der Waals surface area contributed by atoms with Crippen LogP contribution in [-0.4, -0.2) is 11.6 Å². The summed E-state index contributed by atoms with van der Waals surface area (Å²) in [7, 11) is 0. The monoisotopic (exact) mass is 361 g/mol. The summed E-state index contributed by atoms with van der Waals surface area (Å²) in [5, 5.41) is 0. The topological polar surface area (TPSA) is 22.1 Å². The van der Waals surface area contributed by atoms with Gasteiger partial charge in [-0.25, -0.2) is 0 Å². The Morgan fingerprint density at radius 1 is 0.846 bits per heavy atom. The van der Waals surface area contributed by atoms with Gasteiger partial charge in [0.2, 0.25) is 0 Å². The fourth-order valence-corrected chi connectivity index (χ4v) is 3.01. The second kappa shape index (κ2) is 11.6. The van der Waals surface area contributed by atoms with Gasteiger partial charge in [0.15, 0.2) is 0 Å². The van der Waals surface area contributed by atoms with Crippen LogP contribution >= 0.6 is 0 Å². The van der Waals surface area contributed by atoms with Crippen LogP contribution in [0.5, 0.6) is 5.75 Å². The molecule has 0 aliphatic carbocycles. The number of halogens is 2. The number of alkyl halides is 2. The molecule has 0 saturated carbocycles. The molecule has 1 aromatic carbocycles. The third kappa shape index (κ3) is 7.51. The zero-order valence-electron chi connectivity index (χ0n) is 15.6. The SMILES string of the molecule is CCCCCCCCCCc1ccc(-c2ccc(OC(F)F)cc2)nc1. The molecule has 2 nitrogen and oxygen atoms in total. The minimum Gasteiger partial charge on any atom is -0.435 e. The van der Waals surface area contributed by atoms with Crippen molar-refractivity contribution in [3.8, 4) is 17.0 Å². The number of pyridine rings is 1. The van der Waals surface area contributed by atoms with Gasteiger partial charge < -0.3 is 4.74 Å². The average Bonchev–Trinajstić information content (AvgIpc) is 2.65. The molecule has 0 spiro atoms. The fraction of sp³-hybridized carbons (Fsp3) is 0.500. The lowest BCUT2D eigenvalue weighted by Crippen LogP contribution is -2.01. The lowest BCUT2D eigenvalue weighted by atomic mass is 10.0. The van der Waals surface area contributed by atoms with Crippen LogP contribution in [0.15, 0.2) is 42.6 Å². The van der Waals surface area contributed by atoms with Gasteiger partial charge in [-0.1, -0.05) is 57.9 Å². The average molecular weight is 361 g/mol. The van der Waals surface area contributed by atoms with Crippen LogP contribution in [0.25, 0.3) is 11.3 Å². The maximum Gasteiger partial charge on any atom is 0.387 e. The summed E-state index contributed by atoms with van der Waals surface area (Å²) in [5.41, 5.74) is 2.98. The van der Waals surface area contributed by atoms with Crippen LogP contribution in [0, 0.1) is 0 Å². The Labute approximate surface area is 155 Å². The van der Waals surface area contributed by atoms with Gasteiger partial charge in [-0.05, 0) is 48.7 Å². The standard InChI is InChI=1S/C22H29F2NO/c1-2-3-4-5-6-7-8-9-10-18-11-16-21(25-17-18)19-12-14-20(15-13-19)26-22(23)24/h11-17,22H,2-10H2,1H3. The number of unbranched alkanes of at least 4 members (excludes halogenated alkanes) is 7. The van der Waals surface area contributed by atoms with Crippen molar-refractivity contribution in [3.05, 3.63) is 48.2 Å². The molecule has 2 rings (SSSR count). The van der Waals surface area contributed by atoms with Crippen molar-refractivity contribution >= 4 is 0 Å². The Kier molecular flexibility index (Phi) is 9.08. The Bertz CT molecular complexity index is 611. The predicted molar refractivity (Wildman–Crippen MR) is 103 cm³/mol. The maximum absolute atomic E-state index is 12.2. The lowest BCUT2D eigenvalue weighted by Gasteiger charge is -2.07. The number of benzene rings is 1. The molecule has 0 atom stereocenters. The van der Waals surface area contributed by atoms with Crippen molar-refractivity contribution in [2.75, 3.05) is 0 Å². The van der Waals surface area contributed by atoms with Gasteiger partial charge in [-0.3, -0.25) is 4.98 Å². The summed E-state index contributed by atoms with van der Waals surface area (Å²) in [6.07, 6.45) is 13.5. The molecule has 0 N–H and O–H groups in total. The molecule has 0 amide bonds. The van der Waals surface area contributed by atoms with Gasteiger partial charge in [0, 0.05) is 11.8 Å². The first kappa shape index (κ1) is 20.3. The van der Waals surface area contributed by atoms with E-state index in [1.54, 1.807) is 12.1 Å². The van der Waals surface area contributed by atoms with Crippen LogP contribution in [0.1, 0.15) is 63.9 Å². The van der Waals surface area contributed by atoms with E-state index >= 15 is 0 Å². The van der Waals surface area contributed by atoms with Gasteiger partial charge in [0.25, 0.3) is 0 Å². The lowest BCUT2D eigenvalue weighted by molar-refractivity contribution is -0.0498. The fourth-order valence-electron chi connectivity index (χ4n) is 3.01. The number of nitrogens with zero attached hydrogens (tertiary/aromatic N) is 1. The Hall–Kier alpha value is -1.97. The molecular weight excluding hydrogens is 332 g/mol. The van der Waals surface area contributed by atoms with E-state index in [1.165, 1.54) is 69.1 Å². The van der Waals surface area contributed by atoms with E-state index in [4.69, 9.17) is 0 Å². The maximum atomic E-state index is 12.2. The van der Waals surface area contributed by atoms with Crippen molar-refractivity contribution in [2.45, 2.75) is 71.3 Å². The third-order valence-electron chi connectivity index (χ3n) is 4.52. The molecule has 142 valence electrons. The van der Waals surface area contributed by atoms with Gasteiger partial charge in [0.1, 0.15) is 5.75 Å². The number of hydrogen-bond donors (Lipinski definition) is 0. The number of hydrogen-bond acceptors (Lipinski definition) is 2. The van der Waals surface area contributed by atoms with Gasteiger partial charge in [-0.15, -0.1) is 0 Å². The van der Waals surface area contributed by atoms with Crippen LogP contribution < -0.4 is 4.74 Å². The van der Waals surface area contributed by atoms with Crippen molar-refractivity contribution in [1.82, 2.24) is 4.98 Å². The number of aryl methyl sites for hydroxylation is 1. The van der Waals surface area contributed by atoms with Gasteiger partial charge in [-0.2, -0.15) is 8.78 Å². The summed E-state index contributed by atoms with van der Waals surface area (Å²) in [6.45, 7) is -0.550. The van der Waals surface area contributed by atoms with Gasteiger partial charge in [0.05, 0.1) is 5.69 Å². The van der Waals surface area contributed by atoms with Crippen LogP contribution in [-0.2, 0) is 6.42 Å². The highest BCUT2D eigenvalue weighted by Gasteiger charge is 2.05. The molecule has 26 heavy (non-hydrogen) atoms. The summed E-state index contributed by atoms with van der Waals surface area (Å²) in [6, 6.07) is 10.7. The highest BCUT2D eigenvalue weighted by molar-refractivity contribution is 5.60. The van der Waals surface area contributed by atoms with Crippen molar-refractivity contribution in [3.63, 3.8) is 0 Å². The first-order valence-electron chi connectivity index (χ1n) is 9.69. The molecule has 0 aliphatic rings. The highest BCUT2D eigenvalue weighted by atomic mass is 19.3. The summed E-state index contributed by atoms with van der Waals surface area (Å²) in [5.74, 6) is 0.162. The molecule has 0 saturated heterocycles. The molecular formula is C22H29F2NO. The zero-order chi connectivity index (χ0) is 18.6. The molecule has 0 radical (unpaired) electrons. The number of ether oxygens (including phenoxy) is 1. The first-order valence-corrected chi connectivity index (χ1v) is 9.69. The second-order valence-corrected chi connectivity index (χ2v) is 6.68. The van der Waals surface area contributed by atoms with Crippen molar-refractivity contribution in [1.29, 1.82) is 0 Å². The normalized spacial score (nSPS) is 11.1. The Morgan fingerprint density at radius 3 is 2.08 bits per heavy atom. The molecule has 1 heterocycles. The van der Waals surface area contributed by atoms with E-state index in [0.717, 1.165) is 17.7 Å². The van der Waals surface area contributed by atoms with Crippen LogP contribution in [0.4, 0.5) is 8.78 Å². The Morgan fingerprint density at radius 2 is 1.50 bits per heavy atom. The van der Waals surface area contributed by atoms with E-state index in [2.05, 4.69) is 22.7 Å². The van der Waals surface area contributed by atoms with E-state index in [0.29, 0.717) is 0 Å². The van der Waals surface area contributed by atoms with E-state index in [9.17, 15) is 8.78 Å². The molecule has 4 heteroatoms. The summed E-state index contributed by atoms with van der Waals surface area (Å²) < 4.78 is 28.7. The van der Waals surface area contributed by atoms with Crippen LogP contribution in [0.2, 0.25) is 0 Å². The largest absolute Gasteiger partial charge is 0.435 e. The summed E-state index contributed by atoms with van der Waals surface area (Å²) in [4.78, 5) is 4.50.